The zero-order chi connectivity index (χ0) is 7.82. The number of hydrogen-bond donors (Lipinski definition) is 1. The van der Waals surface area contributed by atoms with Gasteiger partial charge in [0.1, 0.15) is 0 Å². The Morgan fingerprint density at radius 1 is 1.70 bits per heavy atom. The second kappa shape index (κ2) is 6.60. The molecule has 0 aromatic carbocycles. The molecule has 0 bridgehead atoms. The van der Waals surface area contributed by atoms with Crippen LogP contribution in [0.25, 0.3) is 0 Å². The van der Waals surface area contributed by atoms with Gasteiger partial charge in [-0.05, 0) is 18.5 Å². The van der Waals surface area contributed by atoms with Crippen LogP contribution in [-0.4, -0.2) is 13.1 Å². The van der Waals surface area contributed by atoms with Crippen molar-refractivity contribution in [3.8, 4) is 0 Å². The second-order valence-corrected chi connectivity index (χ2v) is 2.58. The van der Waals surface area contributed by atoms with E-state index in [9.17, 15) is 0 Å². The van der Waals surface area contributed by atoms with E-state index in [0.29, 0.717) is 0 Å². The van der Waals surface area contributed by atoms with Gasteiger partial charge in [-0.2, -0.15) is 0 Å². The molecule has 58 valence electrons. The van der Waals surface area contributed by atoms with Crippen molar-refractivity contribution in [2.75, 3.05) is 13.1 Å². The quantitative estimate of drug-likeness (QED) is 0.453. The molecule has 10 heavy (non-hydrogen) atoms. The van der Waals surface area contributed by atoms with Gasteiger partial charge in [-0.1, -0.05) is 26.8 Å². The molecule has 0 aliphatic carbocycles. The van der Waals surface area contributed by atoms with Gasteiger partial charge in [0.05, 0.1) is 0 Å². The fourth-order valence-electron chi connectivity index (χ4n) is 0.618. The first-order chi connectivity index (χ1) is 4.81. The third-order valence-electron chi connectivity index (χ3n) is 1.58. The Labute approximate surface area is 63.8 Å². The fourth-order valence-corrected chi connectivity index (χ4v) is 0.618. The van der Waals surface area contributed by atoms with E-state index in [1.54, 1.807) is 0 Å². The Morgan fingerprint density at radius 3 is 2.90 bits per heavy atom. The van der Waals surface area contributed by atoms with Crippen molar-refractivity contribution in [2.45, 2.75) is 20.3 Å². The molecule has 0 rings (SSSR count). The molecule has 0 aliphatic rings. The predicted molar refractivity (Wildman–Crippen MR) is 46.0 cm³/mol. The van der Waals surface area contributed by atoms with Gasteiger partial charge in [0.2, 0.25) is 0 Å². The van der Waals surface area contributed by atoms with Crippen LogP contribution in [0.4, 0.5) is 0 Å². The minimum atomic E-state index is 0.776. The van der Waals surface area contributed by atoms with E-state index in [1.807, 2.05) is 6.08 Å². The maximum absolute atomic E-state index is 3.48. The highest BCUT2D eigenvalue weighted by atomic mass is 14.8. The summed E-state index contributed by atoms with van der Waals surface area (Å²) in [5, 5.41) is 3.28. The highest BCUT2D eigenvalue weighted by Gasteiger charge is 1.94. The van der Waals surface area contributed by atoms with E-state index < -0.39 is 0 Å². The van der Waals surface area contributed by atoms with Crippen LogP contribution < -0.4 is 5.32 Å². The minimum absolute atomic E-state index is 0.776. The number of nitrogens with one attached hydrogen (secondary N) is 1. The molecular weight excluding hydrogens is 122 g/mol. The second-order valence-electron chi connectivity index (χ2n) is 2.58. The molecule has 1 heteroatoms. The van der Waals surface area contributed by atoms with Crippen LogP contribution in [0, 0.1) is 5.92 Å². The predicted octanol–water partition coefficient (Wildman–Crippen LogP) is 1.96. The Hall–Kier alpha value is -0.520. The molecule has 1 nitrogen and oxygen atoms in total. The zero-order valence-corrected chi connectivity index (χ0v) is 6.98. The van der Waals surface area contributed by atoms with Gasteiger partial charge in [-0.25, -0.2) is 0 Å². The summed E-state index contributed by atoms with van der Waals surface area (Å²) in [5.74, 6) is 0.776. The van der Waals surface area contributed by atoms with Gasteiger partial charge in [-0.15, -0.1) is 5.73 Å². The smallest absolute Gasteiger partial charge is 0.0209 e. The Morgan fingerprint density at radius 2 is 2.40 bits per heavy atom. The van der Waals surface area contributed by atoms with Crippen LogP contribution in [-0.2, 0) is 0 Å². The third-order valence-corrected chi connectivity index (χ3v) is 1.58. The summed E-state index contributed by atoms with van der Waals surface area (Å²) < 4.78 is 0. The van der Waals surface area contributed by atoms with Gasteiger partial charge < -0.3 is 5.32 Å². The first-order valence-electron chi connectivity index (χ1n) is 3.86. The zero-order valence-electron chi connectivity index (χ0n) is 6.98. The van der Waals surface area contributed by atoms with E-state index in [2.05, 4.69) is 31.5 Å². The molecule has 0 aliphatic heterocycles. The summed E-state index contributed by atoms with van der Waals surface area (Å²) in [4.78, 5) is 0. The largest absolute Gasteiger partial charge is 0.312 e. The average molecular weight is 139 g/mol. The van der Waals surface area contributed by atoms with E-state index in [4.69, 9.17) is 0 Å². The van der Waals surface area contributed by atoms with Crippen LogP contribution in [0.5, 0.6) is 0 Å². The minimum Gasteiger partial charge on any atom is -0.312 e. The summed E-state index contributed by atoms with van der Waals surface area (Å²) in [6.45, 7) is 9.91. The normalized spacial score (nSPS) is 12.2. The average Bonchev–Trinajstić information content (AvgIpc) is 1.98. The molecule has 0 heterocycles. The van der Waals surface area contributed by atoms with Crippen LogP contribution in [0.1, 0.15) is 20.3 Å². The van der Waals surface area contributed by atoms with E-state index in [-0.39, 0.29) is 0 Å². The monoisotopic (exact) mass is 139 g/mol. The van der Waals surface area contributed by atoms with Crippen molar-refractivity contribution < 1.29 is 0 Å². The molecule has 0 aromatic rings. The molecule has 0 radical (unpaired) electrons. The molecule has 0 fully saturated rings. The molecule has 0 spiro atoms. The molecule has 0 amide bonds. The van der Waals surface area contributed by atoms with Gasteiger partial charge in [0.15, 0.2) is 0 Å². The lowest BCUT2D eigenvalue weighted by atomic mass is 10.1. The lowest BCUT2D eigenvalue weighted by molar-refractivity contribution is 0.516. The van der Waals surface area contributed by atoms with E-state index in [0.717, 1.165) is 19.0 Å². The molecule has 0 saturated heterocycles. The number of hydrogen-bond acceptors (Lipinski definition) is 1. The van der Waals surface area contributed by atoms with Crippen molar-refractivity contribution in [2.24, 2.45) is 5.92 Å². The summed E-state index contributed by atoms with van der Waals surface area (Å²) in [6, 6.07) is 0. The SMILES string of the molecule is C=C=CCNCC(C)CC. The summed E-state index contributed by atoms with van der Waals surface area (Å²) in [5.41, 5.74) is 2.72. The Kier molecular flexibility index (Phi) is 6.25. The molecular formula is C9H17N. The van der Waals surface area contributed by atoms with Gasteiger partial charge in [-0.3, -0.25) is 0 Å². The first-order valence-corrected chi connectivity index (χ1v) is 3.86. The Balaban J connectivity index is 3.10. The van der Waals surface area contributed by atoms with Crippen LogP contribution in [0.2, 0.25) is 0 Å². The van der Waals surface area contributed by atoms with Crippen molar-refractivity contribution in [1.29, 1.82) is 0 Å². The maximum Gasteiger partial charge on any atom is 0.0209 e. The standard InChI is InChI=1S/C9H17N/c1-4-6-7-10-8-9(3)5-2/h6,9-10H,1,5,7-8H2,2-3H3. The van der Waals surface area contributed by atoms with Gasteiger partial charge in [0.25, 0.3) is 0 Å². The van der Waals surface area contributed by atoms with Crippen molar-refractivity contribution in [3.05, 3.63) is 18.4 Å². The van der Waals surface area contributed by atoms with Crippen LogP contribution in [0.15, 0.2) is 18.4 Å². The molecule has 1 atom stereocenters. The van der Waals surface area contributed by atoms with Crippen molar-refractivity contribution in [1.82, 2.24) is 5.32 Å². The van der Waals surface area contributed by atoms with Gasteiger partial charge >= 0.3 is 0 Å². The number of rotatable bonds is 5. The first kappa shape index (κ1) is 9.48. The molecule has 1 N–H and O–H groups in total. The third kappa shape index (κ3) is 5.61. The topological polar surface area (TPSA) is 12.0 Å². The van der Waals surface area contributed by atoms with E-state index >= 15 is 0 Å². The molecule has 0 saturated carbocycles. The highest BCUT2D eigenvalue weighted by molar-refractivity contribution is 4.78. The molecule has 0 aromatic heterocycles. The Bertz CT molecular complexity index is 112. The van der Waals surface area contributed by atoms with Crippen molar-refractivity contribution >= 4 is 0 Å². The molecule has 1 unspecified atom stereocenters. The summed E-state index contributed by atoms with van der Waals surface area (Å²) >= 11 is 0. The lowest BCUT2D eigenvalue weighted by Crippen LogP contribution is -2.20. The summed E-state index contributed by atoms with van der Waals surface area (Å²) in [7, 11) is 0. The van der Waals surface area contributed by atoms with Gasteiger partial charge in [0, 0.05) is 6.54 Å². The lowest BCUT2D eigenvalue weighted by Gasteiger charge is -2.06. The van der Waals surface area contributed by atoms with Crippen LogP contribution in [0.3, 0.4) is 0 Å². The summed E-state index contributed by atoms with van der Waals surface area (Å²) in [6.07, 6.45) is 3.15. The highest BCUT2D eigenvalue weighted by Crippen LogP contribution is 1.96. The van der Waals surface area contributed by atoms with Crippen molar-refractivity contribution in [3.63, 3.8) is 0 Å². The van der Waals surface area contributed by atoms with Crippen LogP contribution >= 0.6 is 0 Å². The maximum atomic E-state index is 3.48. The fraction of sp³-hybridized carbons (Fsp3) is 0.667. The van der Waals surface area contributed by atoms with E-state index in [1.165, 1.54) is 6.42 Å².